The molecule has 0 saturated heterocycles. The Bertz CT molecular complexity index is 226. The van der Waals surface area contributed by atoms with Gasteiger partial charge in [0.1, 0.15) is 6.10 Å². The minimum absolute atomic E-state index is 0.0580. The van der Waals surface area contributed by atoms with Crippen LogP contribution in [0, 0.1) is 0 Å². The van der Waals surface area contributed by atoms with E-state index in [1.807, 2.05) is 13.8 Å². The molecule has 0 aliphatic carbocycles. The fourth-order valence-electron chi connectivity index (χ4n) is 1.46. The van der Waals surface area contributed by atoms with E-state index in [4.69, 9.17) is 4.74 Å². The second-order valence-corrected chi connectivity index (χ2v) is 4.30. The van der Waals surface area contributed by atoms with Crippen LogP contribution in [0.5, 0.6) is 0 Å². The van der Waals surface area contributed by atoms with E-state index in [2.05, 4.69) is 12.2 Å². The molecular weight excluding hydrogens is 206 g/mol. The molecule has 94 valence electrons. The summed E-state index contributed by atoms with van der Waals surface area (Å²) in [5.74, 6) is -0.379. The van der Waals surface area contributed by atoms with Crippen LogP contribution < -0.4 is 5.32 Å². The van der Waals surface area contributed by atoms with Crippen LogP contribution in [0.4, 0.5) is 0 Å². The molecule has 1 unspecified atom stereocenters. The predicted molar refractivity (Wildman–Crippen MR) is 63.0 cm³/mol. The van der Waals surface area contributed by atoms with Crippen LogP contribution in [-0.2, 0) is 14.3 Å². The van der Waals surface area contributed by atoms with E-state index in [0.29, 0.717) is 0 Å². The standard InChI is InChI=1S/C12H23NO3/c1-5-6-7-11(16-10(4)14)8-12(15)13-9(2)3/h9,11H,5-8H2,1-4H3,(H,13,15). The molecule has 0 aromatic heterocycles. The summed E-state index contributed by atoms with van der Waals surface area (Å²) in [4.78, 5) is 22.4. The van der Waals surface area contributed by atoms with Crippen LogP contribution in [0.2, 0.25) is 0 Å². The second kappa shape index (κ2) is 8.13. The van der Waals surface area contributed by atoms with Gasteiger partial charge in [0.2, 0.25) is 5.91 Å². The van der Waals surface area contributed by atoms with Crippen molar-refractivity contribution < 1.29 is 14.3 Å². The van der Waals surface area contributed by atoms with Crippen molar-refractivity contribution in [2.24, 2.45) is 0 Å². The maximum absolute atomic E-state index is 11.5. The Morgan fingerprint density at radius 2 is 1.94 bits per heavy atom. The largest absolute Gasteiger partial charge is 0.462 e. The van der Waals surface area contributed by atoms with Crippen molar-refractivity contribution in [3.05, 3.63) is 0 Å². The molecular formula is C12H23NO3. The van der Waals surface area contributed by atoms with E-state index in [0.717, 1.165) is 19.3 Å². The van der Waals surface area contributed by atoms with Gasteiger partial charge in [-0.25, -0.2) is 0 Å². The van der Waals surface area contributed by atoms with Crippen molar-refractivity contribution in [3.8, 4) is 0 Å². The number of nitrogens with one attached hydrogen (secondary N) is 1. The number of unbranched alkanes of at least 4 members (excludes halogenated alkanes) is 1. The van der Waals surface area contributed by atoms with Crippen LogP contribution in [-0.4, -0.2) is 24.0 Å². The van der Waals surface area contributed by atoms with Gasteiger partial charge in [-0.3, -0.25) is 9.59 Å². The molecule has 4 nitrogen and oxygen atoms in total. The number of ether oxygens (including phenoxy) is 1. The lowest BCUT2D eigenvalue weighted by Gasteiger charge is -2.17. The van der Waals surface area contributed by atoms with Gasteiger partial charge in [-0.2, -0.15) is 0 Å². The average molecular weight is 229 g/mol. The predicted octanol–water partition coefficient (Wildman–Crippen LogP) is 2.02. The van der Waals surface area contributed by atoms with Crippen molar-refractivity contribution in [2.75, 3.05) is 0 Å². The maximum atomic E-state index is 11.5. The molecule has 0 heterocycles. The van der Waals surface area contributed by atoms with E-state index in [9.17, 15) is 9.59 Å². The normalized spacial score (nSPS) is 12.3. The molecule has 0 aromatic rings. The smallest absolute Gasteiger partial charge is 0.302 e. The Labute approximate surface area is 97.7 Å². The summed E-state index contributed by atoms with van der Waals surface area (Å²) < 4.78 is 5.10. The molecule has 0 bridgehead atoms. The zero-order chi connectivity index (χ0) is 12.6. The highest BCUT2D eigenvalue weighted by Gasteiger charge is 2.16. The van der Waals surface area contributed by atoms with Gasteiger partial charge in [0.25, 0.3) is 0 Å². The Morgan fingerprint density at radius 3 is 2.38 bits per heavy atom. The van der Waals surface area contributed by atoms with Crippen molar-refractivity contribution in [3.63, 3.8) is 0 Å². The minimum atomic E-state index is -0.321. The third kappa shape index (κ3) is 8.26. The van der Waals surface area contributed by atoms with Gasteiger partial charge in [-0.1, -0.05) is 19.8 Å². The molecule has 1 amide bonds. The number of hydrogen-bond acceptors (Lipinski definition) is 3. The number of amides is 1. The lowest BCUT2D eigenvalue weighted by atomic mass is 10.1. The zero-order valence-electron chi connectivity index (χ0n) is 10.7. The van der Waals surface area contributed by atoms with Gasteiger partial charge in [0.15, 0.2) is 0 Å². The third-order valence-corrected chi connectivity index (χ3v) is 2.08. The molecule has 1 N–H and O–H groups in total. The first kappa shape index (κ1) is 14.9. The quantitative estimate of drug-likeness (QED) is 0.679. The number of hydrogen-bond donors (Lipinski definition) is 1. The SMILES string of the molecule is CCCCC(CC(=O)NC(C)C)OC(C)=O. The van der Waals surface area contributed by atoms with Crippen molar-refractivity contribution in [2.45, 2.75) is 65.5 Å². The Hall–Kier alpha value is -1.06. The number of rotatable bonds is 7. The maximum Gasteiger partial charge on any atom is 0.302 e. The summed E-state index contributed by atoms with van der Waals surface area (Å²) in [5.41, 5.74) is 0. The van der Waals surface area contributed by atoms with Gasteiger partial charge in [-0.15, -0.1) is 0 Å². The van der Waals surface area contributed by atoms with Crippen LogP contribution in [0.1, 0.15) is 53.4 Å². The molecule has 0 aliphatic heterocycles. The lowest BCUT2D eigenvalue weighted by Crippen LogP contribution is -2.33. The number of carbonyl (C=O) groups excluding carboxylic acids is 2. The summed E-state index contributed by atoms with van der Waals surface area (Å²) in [6, 6.07) is 0.122. The van der Waals surface area contributed by atoms with Crippen LogP contribution in [0.25, 0.3) is 0 Å². The second-order valence-electron chi connectivity index (χ2n) is 4.30. The summed E-state index contributed by atoms with van der Waals surface area (Å²) in [7, 11) is 0. The molecule has 4 heteroatoms. The van der Waals surface area contributed by atoms with E-state index in [1.165, 1.54) is 6.92 Å². The molecule has 16 heavy (non-hydrogen) atoms. The van der Waals surface area contributed by atoms with Gasteiger partial charge in [-0.05, 0) is 20.3 Å². The van der Waals surface area contributed by atoms with E-state index < -0.39 is 0 Å². The van der Waals surface area contributed by atoms with Crippen molar-refractivity contribution in [1.29, 1.82) is 0 Å². The van der Waals surface area contributed by atoms with Crippen LogP contribution >= 0.6 is 0 Å². The van der Waals surface area contributed by atoms with Gasteiger partial charge in [0.05, 0.1) is 6.42 Å². The van der Waals surface area contributed by atoms with Crippen LogP contribution in [0.15, 0.2) is 0 Å². The summed E-state index contributed by atoms with van der Waals surface area (Å²) >= 11 is 0. The summed E-state index contributed by atoms with van der Waals surface area (Å²) in [6.07, 6.45) is 2.73. The molecule has 0 spiro atoms. The van der Waals surface area contributed by atoms with Gasteiger partial charge < -0.3 is 10.1 Å². The van der Waals surface area contributed by atoms with Crippen molar-refractivity contribution >= 4 is 11.9 Å². The Kier molecular flexibility index (Phi) is 7.60. The summed E-state index contributed by atoms with van der Waals surface area (Å²) in [6.45, 7) is 7.26. The zero-order valence-corrected chi connectivity index (χ0v) is 10.7. The molecule has 0 rings (SSSR count). The van der Waals surface area contributed by atoms with Crippen molar-refractivity contribution in [1.82, 2.24) is 5.32 Å². The van der Waals surface area contributed by atoms with Crippen LogP contribution in [0.3, 0.4) is 0 Å². The first-order valence-corrected chi connectivity index (χ1v) is 5.92. The number of esters is 1. The highest BCUT2D eigenvalue weighted by molar-refractivity contribution is 5.77. The highest BCUT2D eigenvalue weighted by atomic mass is 16.5. The molecule has 0 radical (unpaired) electrons. The monoisotopic (exact) mass is 229 g/mol. The molecule has 1 atom stereocenters. The topological polar surface area (TPSA) is 55.4 Å². The Balaban J connectivity index is 4.07. The fourth-order valence-corrected chi connectivity index (χ4v) is 1.46. The van der Waals surface area contributed by atoms with E-state index in [1.54, 1.807) is 0 Å². The average Bonchev–Trinajstić information content (AvgIpc) is 2.11. The first-order chi connectivity index (χ1) is 7.45. The van der Waals surface area contributed by atoms with E-state index >= 15 is 0 Å². The molecule has 0 saturated carbocycles. The fraction of sp³-hybridized carbons (Fsp3) is 0.833. The highest BCUT2D eigenvalue weighted by Crippen LogP contribution is 2.09. The third-order valence-electron chi connectivity index (χ3n) is 2.08. The number of carbonyl (C=O) groups is 2. The summed E-state index contributed by atoms with van der Waals surface area (Å²) in [5, 5.41) is 2.79. The minimum Gasteiger partial charge on any atom is -0.462 e. The molecule has 0 aromatic carbocycles. The molecule has 0 aliphatic rings. The van der Waals surface area contributed by atoms with Gasteiger partial charge >= 0.3 is 5.97 Å². The van der Waals surface area contributed by atoms with Gasteiger partial charge in [0, 0.05) is 13.0 Å². The first-order valence-electron chi connectivity index (χ1n) is 5.92. The molecule has 0 fully saturated rings. The Morgan fingerprint density at radius 1 is 1.31 bits per heavy atom. The van der Waals surface area contributed by atoms with E-state index in [-0.39, 0.29) is 30.4 Å². The lowest BCUT2D eigenvalue weighted by molar-refractivity contribution is -0.148.